The first-order valence-corrected chi connectivity index (χ1v) is 11.4. The lowest BCUT2D eigenvalue weighted by atomic mass is 10.00. The van der Waals surface area contributed by atoms with Gasteiger partial charge in [0.15, 0.2) is 0 Å². The fourth-order valence-corrected chi connectivity index (χ4v) is 3.42. The molecule has 1 unspecified atom stereocenters. The number of azide groups is 1. The Labute approximate surface area is 199 Å². The van der Waals surface area contributed by atoms with Gasteiger partial charge in [0.1, 0.15) is 0 Å². The third-order valence-electron chi connectivity index (χ3n) is 5.23. The molecule has 34 heavy (non-hydrogen) atoms. The van der Waals surface area contributed by atoms with Gasteiger partial charge in [-0.3, -0.25) is 9.59 Å². The number of carbonyl (C=O) groups excluding carboxylic acids is 3. The van der Waals surface area contributed by atoms with Crippen LogP contribution in [-0.2, 0) is 19.1 Å². The maximum absolute atomic E-state index is 12.2. The molecule has 1 aromatic carbocycles. The third-order valence-corrected chi connectivity index (χ3v) is 5.23. The summed E-state index contributed by atoms with van der Waals surface area (Å²) in [6, 6.07) is 7.21. The van der Waals surface area contributed by atoms with Gasteiger partial charge in [-0.15, -0.1) is 0 Å². The average molecular weight is 469 g/mol. The van der Waals surface area contributed by atoms with Crippen LogP contribution < -0.4 is 10.6 Å². The molecule has 1 aromatic rings. The molecule has 1 atom stereocenters. The summed E-state index contributed by atoms with van der Waals surface area (Å²) in [5, 5.41) is 8.86. The minimum atomic E-state index is -0.354. The number of unbranched alkanes of at least 4 members (excludes halogenated alkanes) is 3. The molecule has 1 aliphatic heterocycles. The molecule has 2 N–H and O–H groups in total. The number of anilines is 1. The van der Waals surface area contributed by atoms with E-state index >= 15 is 0 Å². The van der Waals surface area contributed by atoms with E-state index in [9.17, 15) is 14.4 Å². The topological polar surface area (TPSA) is 137 Å². The van der Waals surface area contributed by atoms with E-state index in [1.807, 2.05) is 36.4 Å². The molecule has 10 heteroatoms. The van der Waals surface area contributed by atoms with Crippen LogP contribution in [0.4, 0.5) is 5.69 Å². The number of amides is 2. The molecule has 10 nitrogen and oxygen atoms in total. The zero-order chi connectivity index (χ0) is 24.8. The van der Waals surface area contributed by atoms with E-state index in [0.29, 0.717) is 30.8 Å². The number of nitrogens with zero attached hydrogens (tertiary/aromatic N) is 4. The molecule has 0 spiro atoms. The first-order chi connectivity index (χ1) is 16.4. The van der Waals surface area contributed by atoms with Crippen molar-refractivity contribution >= 4 is 23.5 Å². The number of hydrogen-bond donors (Lipinski definition) is 2. The Bertz CT molecular complexity index is 951. The van der Waals surface area contributed by atoms with Crippen LogP contribution in [-0.4, -0.2) is 49.4 Å². The second-order valence-electron chi connectivity index (χ2n) is 7.83. The molecule has 0 fully saturated rings. The summed E-state index contributed by atoms with van der Waals surface area (Å²) in [6.45, 7) is 2.47. The average Bonchev–Trinajstić information content (AvgIpc) is 2.83. The van der Waals surface area contributed by atoms with Gasteiger partial charge in [-0.05, 0) is 55.1 Å². The number of hydrogen-bond acceptors (Lipinski definition) is 6. The zero-order valence-electron chi connectivity index (χ0n) is 19.7. The smallest absolute Gasteiger partial charge is 0.337 e. The van der Waals surface area contributed by atoms with Crippen LogP contribution in [0.1, 0.15) is 50.6 Å². The highest BCUT2D eigenvalue weighted by atomic mass is 16.5. The normalized spacial score (nSPS) is 14.6. The summed E-state index contributed by atoms with van der Waals surface area (Å²) >= 11 is 0. The van der Waals surface area contributed by atoms with Crippen LogP contribution in [0.25, 0.3) is 10.4 Å². The van der Waals surface area contributed by atoms with E-state index in [2.05, 4.69) is 20.7 Å². The number of esters is 1. The van der Waals surface area contributed by atoms with Gasteiger partial charge in [-0.1, -0.05) is 30.1 Å². The number of nitrogens with one attached hydrogen (secondary N) is 2. The van der Waals surface area contributed by atoms with Crippen molar-refractivity contribution in [2.75, 3.05) is 32.1 Å². The van der Waals surface area contributed by atoms with Crippen molar-refractivity contribution in [1.29, 1.82) is 0 Å². The fraction of sp³-hybridized carbons (Fsp3) is 0.458. The van der Waals surface area contributed by atoms with Gasteiger partial charge >= 0.3 is 5.97 Å². The van der Waals surface area contributed by atoms with E-state index in [1.165, 1.54) is 0 Å². The number of likely N-dealkylation sites (N-methyl/N-ethyl adjacent to an activating group) is 1. The summed E-state index contributed by atoms with van der Waals surface area (Å²) in [4.78, 5) is 40.8. The molecule has 0 saturated heterocycles. The summed E-state index contributed by atoms with van der Waals surface area (Å²) in [5.41, 5.74) is 10.3. The highest BCUT2D eigenvalue weighted by Gasteiger charge is 2.20. The predicted octanol–water partition coefficient (Wildman–Crippen LogP) is 3.99. The van der Waals surface area contributed by atoms with Gasteiger partial charge in [0.2, 0.25) is 11.8 Å². The first-order valence-electron chi connectivity index (χ1n) is 11.4. The molecule has 182 valence electrons. The standard InChI is InChI=1S/C24H32N6O4/c1-3-34-24(33)19-13-15-30(2)21(16-19)18-9-11-20(12-10-18)28-23(32)17-26-22(31)8-6-4-5-7-14-27-29-25/h9-13,15-16,21H,3-8,14,17H2,1-2H3,(H,26,31)(H,28,32). The van der Waals surface area contributed by atoms with E-state index in [1.54, 1.807) is 25.1 Å². The Morgan fingerprint density at radius 1 is 1.12 bits per heavy atom. The van der Waals surface area contributed by atoms with Crippen molar-refractivity contribution in [2.45, 2.75) is 45.1 Å². The Hall–Kier alpha value is -3.78. The van der Waals surface area contributed by atoms with Gasteiger partial charge in [0.25, 0.3) is 0 Å². The van der Waals surface area contributed by atoms with E-state index in [4.69, 9.17) is 10.3 Å². The van der Waals surface area contributed by atoms with Gasteiger partial charge in [0, 0.05) is 36.8 Å². The lowest BCUT2D eigenvalue weighted by molar-refractivity contribution is -0.138. The van der Waals surface area contributed by atoms with Crippen molar-refractivity contribution in [3.8, 4) is 0 Å². The maximum atomic E-state index is 12.2. The van der Waals surface area contributed by atoms with Crippen molar-refractivity contribution in [3.63, 3.8) is 0 Å². The SMILES string of the molecule is CCOC(=O)C1=CC(c2ccc(NC(=O)CNC(=O)CCCCCCN=[N+]=[N-])cc2)N(C)C=C1. The molecular formula is C24H32N6O4. The first kappa shape index (κ1) is 26.5. The molecule has 0 aromatic heterocycles. The lowest BCUT2D eigenvalue weighted by Gasteiger charge is -2.28. The van der Waals surface area contributed by atoms with E-state index in [0.717, 1.165) is 31.2 Å². The Morgan fingerprint density at radius 2 is 1.85 bits per heavy atom. The minimum absolute atomic E-state index is 0.0980. The lowest BCUT2D eigenvalue weighted by Crippen LogP contribution is -2.32. The van der Waals surface area contributed by atoms with Crippen LogP contribution in [0.15, 0.2) is 53.3 Å². The monoisotopic (exact) mass is 468 g/mol. The number of rotatable bonds is 13. The third kappa shape index (κ3) is 8.99. The van der Waals surface area contributed by atoms with Crippen LogP contribution in [0, 0.1) is 0 Å². The largest absolute Gasteiger partial charge is 0.462 e. The molecule has 2 amide bonds. The van der Waals surface area contributed by atoms with Crippen LogP contribution in [0.3, 0.4) is 0 Å². The van der Waals surface area contributed by atoms with Gasteiger partial charge < -0.3 is 20.3 Å². The molecule has 1 heterocycles. The molecule has 0 saturated carbocycles. The van der Waals surface area contributed by atoms with Crippen molar-refractivity contribution in [3.05, 3.63) is 64.2 Å². The Morgan fingerprint density at radius 3 is 2.56 bits per heavy atom. The predicted molar refractivity (Wildman–Crippen MR) is 130 cm³/mol. The molecule has 2 rings (SSSR count). The Balaban J connectivity index is 1.77. The summed E-state index contributed by atoms with van der Waals surface area (Å²) < 4.78 is 5.08. The summed E-state index contributed by atoms with van der Waals surface area (Å²) in [5.74, 6) is -0.830. The van der Waals surface area contributed by atoms with Crippen LogP contribution in [0.2, 0.25) is 0 Å². The second-order valence-corrected chi connectivity index (χ2v) is 7.83. The van der Waals surface area contributed by atoms with Gasteiger partial charge in [-0.2, -0.15) is 0 Å². The molecule has 0 radical (unpaired) electrons. The van der Waals surface area contributed by atoms with E-state index in [-0.39, 0.29) is 30.4 Å². The van der Waals surface area contributed by atoms with Crippen molar-refractivity contribution < 1.29 is 19.1 Å². The highest BCUT2D eigenvalue weighted by Crippen LogP contribution is 2.28. The molecule has 1 aliphatic rings. The highest BCUT2D eigenvalue weighted by molar-refractivity contribution is 5.94. The van der Waals surface area contributed by atoms with Gasteiger partial charge in [0.05, 0.1) is 24.8 Å². The van der Waals surface area contributed by atoms with Gasteiger partial charge in [-0.25, -0.2) is 4.79 Å². The quantitative estimate of drug-likeness (QED) is 0.148. The zero-order valence-corrected chi connectivity index (χ0v) is 19.7. The molecular weight excluding hydrogens is 436 g/mol. The van der Waals surface area contributed by atoms with Crippen LogP contribution in [0.5, 0.6) is 0 Å². The van der Waals surface area contributed by atoms with Crippen LogP contribution >= 0.6 is 0 Å². The van der Waals surface area contributed by atoms with E-state index < -0.39 is 0 Å². The fourth-order valence-electron chi connectivity index (χ4n) is 3.42. The van der Waals surface area contributed by atoms with Crippen molar-refractivity contribution in [2.24, 2.45) is 5.11 Å². The Kier molecular flexibility index (Phi) is 11.2. The summed E-state index contributed by atoms with van der Waals surface area (Å²) in [7, 11) is 1.92. The van der Waals surface area contributed by atoms with Crippen molar-refractivity contribution in [1.82, 2.24) is 10.2 Å². The second kappa shape index (κ2) is 14.4. The number of carbonyl (C=O) groups is 3. The number of benzene rings is 1. The maximum Gasteiger partial charge on any atom is 0.337 e. The molecule has 0 bridgehead atoms. The molecule has 0 aliphatic carbocycles. The number of ether oxygens (including phenoxy) is 1. The minimum Gasteiger partial charge on any atom is -0.462 e. The summed E-state index contributed by atoms with van der Waals surface area (Å²) in [6.07, 6.45) is 9.06.